The molecule has 0 bridgehead atoms. The molecule has 0 radical (unpaired) electrons. The van der Waals surface area contributed by atoms with E-state index in [0.29, 0.717) is 18.1 Å². The summed E-state index contributed by atoms with van der Waals surface area (Å²) in [4.78, 5) is 16.6. The van der Waals surface area contributed by atoms with Crippen LogP contribution in [0, 0.1) is 11.2 Å². The number of nitrogens with zero attached hydrogens (tertiary/aromatic N) is 3. The van der Waals surface area contributed by atoms with Crippen molar-refractivity contribution < 1.29 is 14.3 Å². The lowest BCUT2D eigenvalue weighted by Crippen LogP contribution is -2.36. The SMILES string of the molecule is CC(C)c1nc(C(=O)NCC(C)(C)CO)nn1-c1cccc(F)c1. The molecule has 0 unspecified atom stereocenters. The number of rotatable bonds is 6. The summed E-state index contributed by atoms with van der Waals surface area (Å²) in [5.74, 6) is -0.193. The maximum absolute atomic E-state index is 13.5. The van der Waals surface area contributed by atoms with Gasteiger partial charge in [0.15, 0.2) is 0 Å². The zero-order chi connectivity index (χ0) is 17.9. The maximum atomic E-state index is 13.5. The van der Waals surface area contributed by atoms with E-state index in [9.17, 15) is 14.3 Å². The second kappa shape index (κ2) is 7.09. The van der Waals surface area contributed by atoms with Gasteiger partial charge in [0.1, 0.15) is 11.6 Å². The standard InChI is InChI=1S/C17H23FN4O2/c1-11(2)15-20-14(16(24)19-9-17(3,4)10-23)21-22(15)13-7-5-6-12(18)8-13/h5-8,11,23H,9-10H2,1-4H3,(H,19,24). The van der Waals surface area contributed by atoms with Crippen molar-refractivity contribution in [2.24, 2.45) is 5.41 Å². The Morgan fingerprint density at radius 3 is 2.71 bits per heavy atom. The minimum atomic E-state index is -0.429. The molecule has 2 aromatic rings. The molecule has 1 aromatic heterocycles. The van der Waals surface area contributed by atoms with Gasteiger partial charge < -0.3 is 10.4 Å². The summed E-state index contributed by atoms with van der Waals surface area (Å²) in [6, 6.07) is 5.98. The third-order valence-electron chi connectivity index (χ3n) is 3.56. The molecule has 0 fully saturated rings. The second-order valence-electron chi connectivity index (χ2n) is 6.84. The number of aliphatic hydroxyl groups is 1. The summed E-state index contributed by atoms with van der Waals surface area (Å²) < 4.78 is 15.0. The third kappa shape index (κ3) is 4.17. The van der Waals surface area contributed by atoms with E-state index < -0.39 is 11.3 Å². The molecular formula is C17H23FN4O2. The lowest BCUT2D eigenvalue weighted by atomic mass is 9.95. The number of hydrogen-bond donors (Lipinski definition) is 2. The third-order valence-corrected chi connectivity index (χ3v) is 3.56. The number of halogens is 1. The zero-order valence-corrected chi connectivity index (χ0v) is 14.4. The van der Waals surface area contributed by atoms with Crippen molar-refractivity contribution in [3.8, 4) is 5.69 Å². The minimum Gasteiger partial charge on any atom is -0.396 e. The molecule has 0 aliphatic carbocycles. The lowest BCUT2D eigenvalue weighted by Gasteiger charge is -2.21. The highest BCUT2D eigenvalue weighted by atomic mass is 19.1. The Bertz CT molecular complexity index is 725. The first-order chi connectivity index (χ1) is 11.2. The second-order valence-corrected chi connectivity index (χ2v) is 6.84. The molecule has 6 nitrogen and oxygen atoms in total. The first-order valence-electron chi connectivity index (χ1n) is 7.85. The Hall–Kier alpha value is -2.28. The van der Waals surface area contributed by atoms with Gasteiger partial charge in [-0.05, 0) is 18.2 Å². The topological polar surface area (TPSA) is 80.0 Å². The van der Waals surface area contributed by atoms with Crippen LogP contribution in [0.25, 0.3) is 5.69 Å². The summed E-state index contributed by atoms with van der Waals surface area (Å²) >= 11 is 0. The zero-order valence-electron chi connectivity index (χ0n) is 14.4. The van der Waals surface area contributed by atoms with Crippen molar-refractivity contribution in [2.45, 2.75) is 33.6 Å². The number of hydrogen-bond acceptors (Lipinski definition) is 4. The summed E-state index contributed by atoms with van der Waals surface area (Å²) in [5.41, 5.74) is 0.0859. The molecule has 1 aromatic carbocycles. The average Bonchev–Trinajstić information content (AvgIpc) is 2.98. The van der Waals surface area contributed by atoms with E-state index in [1.165, 1.54) is 16.8 Å². The van der Waals surface area contributed by atoms with Crippen molar-refractivity contribution in [2.75, 3.05) is 13.2 Å². The van der Waals surface area contributed by atoms with Gasteiger partial charge in [0.25, 0.3) is 5.91 Å². The van der Waals surface area contributed by atoms with Crippen molar-refractivity contribution in [3.05, 3.63) is 41.7 Å². The van der Waals surface area contributed by atoms with Crippen molar-refractivity contribution >= 4 is 5.91 Å². The summed E-state index contributed by atoms with van der Waals surface area (Å²) in [6.07, 6.45) is 0. The summed E-state index contributed by atoms with van der Waals surface area (Å²) in [5, 5.41) is 16.2. The predicted molar refractivity (Wildman–Crippen MR) is 88.6 cm³/mol. The van der Waals surface area contributed by atoms with Crippen LogP contribution in [0.5, 0.6) is 0 Å². The summed E-state index contributed by atoms with van der Waals surface area (Å²) in [7, 11) is 0. The average molecular weight is 334 g/mol. The highest BCUT2D eigenvalue weighted by Crippen LogP contribution is 2.18. The molecule has 1 amide bonds. The van der Waals surface area contributed by atoms with Gasteiger partial charge in [0.2, 0.25) is 5.82 Å². The van der Waals surface area contributed by atoms with Crippen LogP contribution in [0.4, 0.5) is 4.39 Å². The fraction of sp³-hybridized carbons (Fsp3) is 0.471. The van der Waals surface area contributed by atoms with Crippen LogP contribution in [0.2, 0.25) is 0 Å². The van der Waals surface area contributed by atoms with Gasteiger partial charge in [-0.1, -0.05) is 33.8 Å². The van der Waals surface area contributed by atoms with E-state index in [1.807, 2.05) is 27.7 Å². The largest absolute Gasteiger partial charge is 0.396 e. The Morgan fingerprint density at radius 1 is 1.42 bits per heavy atom. The molecule has 0 spiro atoms. The van der Waals surface area contributed by atoms with E-state index in [4.69, 9.17) is 0 Å². The quantitative estimate of drug-likeness (QED) is 0.849. The van der Waals surface area contributed by atoms with Crippen LogP contribution < -0.4 is 5.32 Å². The van der Waals surface area contributed by atoms with Gasteiger partial charge in [0, 0.05) is 24.5 Å². The molecule has 2 N–H and O–H groups in total. The van der Waals surface area contributed by atoms with Crippen LogP contribution in [0.1, 0.15) is 50.1 Å². The molecule has 0 saturated carbocycles. The number of amides is 1. The summed E-state index contributed by atoms with van der Waals surface area (Å²) in [6.45, 7) is 7.79. The predicted octanol–water partition coefficient (Wildman–Crippen LogP) is 2.28. The highest BCUT2D eigenvalue weighted by molar-refractivity contribution is 5.90. The van der Waals surface area contributed by atoms with Gasteiger partial charge in [-0.15, -0.1) is 5.10 Å². The molecular weight excluding hydrogens is 311 g/mol. The molecule has 0 atom stereocenters. The molecule has 1 heterocycles. The van der Waals surface area contributed by atoms with Gasteiger partial charge >= 0.3 is 0 Å². The highest BCUT2D eigenvalue weighted by Gasteiger charge is 2.22. The van der Waals surface area contributed by atoms with Gasteiger partial charge in [-0.3, -0.25) is 4.79 Å². The van der Waals surface area contributed by atoms with E-state index in [1.54, 1.807) is 12.1 Å². The first-order valence-corrected chi connectivity index (χ1v) is 7.85. The number of carbonyl (C=O) groups excluding carboxylic acids is 1. The molecule has 2 rings (SSSR count). The minimum absolute atomic E-state index is 0.0104. The molecule has 0 aliphatic rings. The van der Waals surface area contributed by atoms with Crippen molar-refractivity contribution in [3.63, 3.8) is 0 Å². The van der Waals surface area contributed by atoms with Crippen LogP contribution in [-0.2, 0) is 0 Å². The molecule has 130 valence electrons. The Morgan fingerprint density at radius 2 is 2.12 bits per heavy atom. The molecule has 0 aliphatic heterocycles. The number of aromatic nitrogens is 3. The van der Waals surface area contributed by atoms with Gasteiger partial charge in [-0.2, -0.15) is 0 Å². The van der Waals surface area contributed by atoms with Crippen LogP contribution >= 0.6 is 0 Å². The number of aliphatic hydroxyl groups excluding tert-OH is 1. The number of carbonyl (C=O) groups is 1. The molecule has 0 saturated heterocycles. The molecule has 24 heavy (non-hydrogen) atoms. The van der Waals surface area contributed by atoms with E-state index >= 15 is 0 Å². The van der Waals surface area contributed by atoms with Crippen LogP contribution in [-0.4, -0.2) is 38.9 Å². The van der Waals surface area contributed by atoms with Gasteiger partial charge in [-0.25, -0.2) is 14.1 Å². The Labute approximate surface area is 140 Å². The fourth-order valence-electron chi connectivity index (χ4n) is 2.05. The van der Waals surface area contributed by atoms with E-state index in [-0.39, 0.29) is 24.2 Å². The number of benzene rings is 1. The normalized spacial score (nSPS) is 11.8. The fourth-order valence-corrected chi connectivity index (χ4v) is 2.05. The maximum Gasteiger partial charge on any atom is 0.291 e. The van der Waals surface area contributed by atoms with Gasteiger partial charge in [0.05, 0.1) is 5.69 Å². The van der Waals surface area contributed by atoms with Crippen LogP contribution in [0.15, 0.2) is 24.3 Å². The lowest BCUT2D eigenvalue weighted by molar-refractivity contribution is 0.0901. The van der Waals surface area contributed by atoms with Crippen molar-refractivity contribution in [1.29, 1.82) is 0 Å². The molecule has 7 heteroatoms. The van der Waals surface area contributed by atoms with Crippen molar-refractivity contribution in [1.82, 2.24) is 20.1 Å². The monoisotopic (exact) mass is 334 g/mol. The Balaban J connectivity index is 2.30. The number of nitrogens with one attached hydrogen (secondary N) is 1. The van der Waals surface area contributed by atoms with Crippen LogP contribution in [0.3, 0.4) is 0 Å². The smallest absolute Gasteiger partial charge is 0.291 e. The first kappa shape index (κ1) is 18.1. The van der Waals surface area contributed by atoms with E-state index in [0.717, 1.165) is 0 Å². The Kier molecular flexibility index (Phi) is 5.33. The van der Waals surface area contributed by atoms with E-state index in [2.05, 4.69) is 15.4 Å².